The van der Waals surface area contributed by atoms with Gasteiger partial charge in [-0.05, 0) is 12.2 Å². The van der Waals surface area contributed by atoms with Crippen LogP contribution in [0, 0.1) is 29.1 Å². The van der Waals surface area contributed by atoms with Gasteiger partial charge in [-0.15, -0.1) is 0 Å². The van der Waals surface area contributed by atoms with Crippen molar-refractivity contribution in [2.24, 2.45) is 0 Å². The van der Waals surface area contributed by atoms with E-state index in [0.29, 0.717) is 0 Å². The number of rotatable bonds is 1. The summed E-state index contributed by atoms with van der Waals surface area (Å²) in [4.78, 5) is 0. The fourth-order valence-electron chi connectivity index (χ4n) is 1.87. The van der Waals surface area contributed by atoms with E-state index in [2.05, 4.69) is 0 Å². The van der Waals surface area contributed by atoms with Gasteiger partial charge >= 0.3 is 0 Å². The van der Waals surface area contributed by atoms with Crippen molar-refractivity contribution in [1.29, 1.82) is 0 Å². The topological polar surface area (TPSA) is 40.5 Å². The van der Waals surface area contributed by atoms with Crippen LogP contribution in [0.15, 0.2) is 24.0 Å². The van der Waals surface area contributed by atoms with E-state index < -0.39 is 52.4 Å². The van der Waals surface area contributed by atoms with E-state index in [-0.39, 0.29) is 0 Å². The van der Waals surface area contributed by atoms with Crippen molar-refractivity contribution >= 4 is 0 Å². The molecule has 2 N–H and O–H groups in total. The number of benzene rings is 1. The first-order valence-electron chi connectivity index (χ1n) is 5.09. The van der Waals surface area contributed by atoms with E-state index in [4.69, 9.17) is 0 Å². The number of allylic oxidation sites excluding steroid dienone is 2. The molecular weight excluding hydrogens is 271 g/mol. The van der Waals surface area contributed by atoms with Crippen LogP contribution in [-0.2, 0) is 5.60 Å². The van der Waals surface area contributed by atoms with Crippen LogP contribution in [0.25, 0.3) is 0 Å². The molecule has 19 heavy (non-hydrogen) atoms. The minimum absolute atomic E-state index is 0.450. The molecule has 2 nitrogen and oxygen atoms in total. The minimum Gasteiger partial charge on any atom is -0.512 e. The lowest BCUT2D eigenvalue weighted by molar-refractivity contribution is 0.0651. The van der Waals surface area contributed by atoms with Crippen molar-refractivity contribution in [3.05, 3.63) is 58.6 Å². The number of halogens is 5. The van der Waals surface area contributed by atoms with E-state index in [9.17, 15) is 32.2 Å². The third kappa shape index (κ3) is 1.99. The molecule has 102 valence electrons. The smallest absolute Gasteiger partial charge is 0.200 e. The number of aliphatic hydroxyl groups is 2. The molecule has 0 fully saturated rings. The first kappa shape index (κ1) is 13.5. The van der Waals surface area contributed by atoms with E-state index >= 15 is 0 Å². The lowest BCUT2D eigenvalue weighted by Gasteiger charge is -2.27. The lowest BCUT2D eigenvalue weighted by atomic mass is 9.85. The van der Waals surface area contributed by atoms with Gasteiger partial charge in [-0.25, -0.2) is 22.0 Å². The largest absolute Gasteiger partial charge is 0.512 e. The molecule has 0 radical (unpaired) electrons. The van der Waals surface area contributed by atoms with Crippen molar-refractivity contribution in [1.82, 2.24) is 0 Å². The summed E-state index contributed by atoms with van der Waals surface area (Å²) in [5.74, 6) is -11.3. The van der Waals surface area contributed by atoms with Gasteiger partial charge in [0.25, 0.3) is 0 Å². The summed E-state index contributed by atoms with van der Waals surface area (Å²) in [5.41, 5.74) is -3.89. The van der Waals surface area contributed by atoms with Crippen molar-refractivity contribution < 1.29 is 32.2 Å². The highest BCUT2D eigenvalue weighted by atomic mass is 19.2. The fourth-order valence-corrected chi connectivity index (χ4v) is 1.87. The molecule has 0 aromatic heterocycles. The van der Waals surface area contributed by atoms with Gasteiger partial charge in [-0.3, -0.25) is 0 Å². The molecule has 0 saturated carbocycles. The Kier molecular flexibility index (Phi) is 3.09. The van der Waals surface area contributed by atoms with Crippen LogP contribution in [0.3, 0.4) is 0 Å². The molecule has 0 aliphatic heterocycles. The first-order valence-corrected chi connectivity index (χ1v) is 5.09. The second-order valence-corrected chi connectivity index (χ2v) is 4.06. The molecule has 0 amide bonds. The second kappa shape index (κ2) is 4.34. The van der Waals surface area contributed by atoms with Crippen LogP contribution in [-0.4, -0.2) is 10.2 Å². The van der Waals surface area contributed by atoms with Crippen molar-refractivity contribution in [3.8, 4) is 0 Å². The zero-order chi connectivity index (χ0) is 14.4. The van der Waals surface area contributed by atoms with E-state index in [1.165, 1.54) is 0 Å². The Labute approximate surface area is 104 Å². The molecule has 2 rings (SSSR count). The van der Waals surface area contributed by atoms with Crippen molar-refractivity contribution in [2.75, 3.05) is 0 Å². The van der Waals surface area contributed by atoms with Crippen LogP contribution in [0.5, 0.6) is 0 Å². The molecule has 0 bridgehead atoms. The van der Waals surface area contributed by atoms with Gasteiger partial charge in [0.05, 0.1) is 11.3 Å². The fraction of sp³-hybridized carbons (Fsp3) is 0.167. The average molecular weight is 278 g/mol. The van der Waals surface area contributed by atoms with Crippen LogP contribution in [0.2, 0.25) is 0 Å². The Hall–Kier alpha value is -1.89. The standard InChI is InChI=1S/C12H7F5O2/c13-7-6(8(14)10(16)11(17)9(7)15)12(19)3-1-2-5(18)4-12/h1-3,18-19H,4H2. The molecule has 1 aliphatic rings. The van der Waals surface area contributed by atoms with Gasteiger partial charge in [0.15, 0.2) is 23.3 Å². The van der Waals surface area contributed by atoms with Gasteiger partial charge in [0.2, 0.25) is 5.82 Å². The third-order valence-corrected chi connectivity index (χ3v) is 2.75. The highest BCUT2D eigenvalue weighted by Crippen LogP contribution is 2.37. The number of hydrogen-bond acceptors (Lipinski definition) is 2. The quantitative estimate of drug-likeness (QED) is 0.471. The Bertz CT molecular complexity index is 580. The van der Waals surface area contributed by atoms with Gasteiger partial charge in [-0.1, -0.05) is 6.08 Å². The summed E-state index contributed by atoms with van der Waals surface area (Å²) in [5, 5.41) is 19.2. The molecule has 1 aromatic carbocycles. The molecule has 0 saturated heterocycles. The maximum absolute atomic E-state index is 13.5. The highest BCUT2D eigenvalue weighted by Gasteiger charge is 2.39. The normalized spacial score (nSPS) is 22.5. The predicted molar refractivity (Wildman–Crippen MR) is 54.6 cm³/mol. The molecule has 1 aliphatic carbocycles. The summed E-state index contributed by atoms with van der Waals surface area (Å²) in [6.45, 7) is 0. The van der Waals surface area contributed by atoms with Crippen LogP contribution in [0.4, 0.5) is 22.0 Å². The van der Waals surface area contributed by atoms with Gasteiger partial charge in [-0.2, -0.15) is 0 Å². The number of hydrogen-bond donors (Lipinski definition) is 2. The average Bonchev–Trinajstić information content (AvgIpc) is 2.33. The summed E-state index contributed by atoms with van der Waals surface area (Å²) < 4.78 is 66.1. The molecule has 1 unspecified atom stereocenters. The zero-order valence-corrected chi connectivity index (χ0v) is 9.22. The van der Waals surface area contributed by atoms with Gasteiger partial charge in [0.1, 0.15) is 5.60 Å². The highest BCUT2D eigenvalue weighted by molar-refractivity contribution is 5.37. The third-order valence-electron chi connectivity index (χ3n) is 2.75. The summed E-state index contributed by atoms with van der Waals surface area (Å²) >= 11 is 0. The number of aliphatic hydroxyl groups excluding tert-OH is 1. The van der Waals surface area contributed by atoms with Gasteiger partial charge < -0.3 is 10.2 Å². The maximum atomic E-state index is 13.5. The van der Waals surface area contributed by atoms with Crippen LogP contribution >= 0.6 is 0 Å². The molecular formula is C12H7F5O2. The molecule has 0 heterocycles. The van der Waals surface area contributed by atoms with Crippen LogP contribution < -0.4 is 0 Å². The van der Waals surface area contributed by atoms with E-state index in [1.807, 2.05) is 0 Å². The Morgan fingerprint density at radius 1 is 0.895 bits per heavy atom. The monoisotopic (exact) mass is 278 g/mol. The first-order chi connectivity index (χ1) is 8.78. The van der Waals surface area contributed by atoms with Crippen molar-refractivity contribution in [2.45, 2.75) is 12.0 Å². The molecule has 7 heteroatoms. The van der Waals surface area contributed by atoms with E-state index in [0.717, 1.165) is 18.2 Å². The minimum atomic E-state index is -2.50. The zero-order valence-electron chi connectivity index (χ0n) is 9.22. The summed E-state index contributed by atoms with van der Waals surface area (Å²) in [6.07, 6.45) is 2.32. The van der Waals surface area contributed by atoms with Crippen molar-refractivity contribution in [3.63, 3.8) is 0 Å². The Balaban J connectivity index is 2.71. The second-order valence-electron chi connectivity index (χ2n) is 4.06. The SMILES string of the molecule is OC1=CC=CC(O)(c2c(F)c(F)c(F)c(F)c2F)C1. The molecule has 0 spiro atoms. The molecule has 1 atom stereocenters. The summed E-state index contributed by atoms with van der Waals surface area (Å²) in [6, 6.07) is 0. The van der Waals surface area contributed by atoms with E-state index in [1.54, 1.807) is 0 Å². The lowest BCUT2D eigenvalue weighted by Crippen LogP contribution is -2.29. The maximum Gasteiger partial charge on any atom is 0.200 e. The Morgan fingerprint density at radius 2 is 1.37 bits per heavy atom. The molecule has 1 aromatic rings. The van der Waals surface area contributed by atoms with Crippen LogP contribution in [0.1, 0.15) is 12.0 Å². The predicted octanol–water partition coefficient (Wildman–Crippen LogP) is 2.97. The van der Waals surface area contributed by atoms with Gasteiger partial charge in [0, 0.05) is 6.42 Å². The Morgan fingerprint density at radius 3 is 1.84 bits per heavy atom. The summed E-state index contributed by atoms with van der Waals surface area (Å²) in [7, 11) is 0.